The van der Waals surface area contributed by atoms with Gasteiger partial charge < -0.3 is 15.1 Å². The lowest BCUT2D eigenvalue weighted by molar-refractivity contribution is -0.139. The number of hydrogen-bond donors (Lipinski definition) is 1. The quantitative estimate of drug-likeness (QED) is 0.816. The van der Waals surface area contributed by atoms with Crippen molar-refractivity contribution in [2.45, 2.75) is 63.1 Å². The first kappa shape index (κ1) is 13.6. The van der Waals surface area contributed by atoms with Crippen LogP contribution >= 0.6 is 0 Å². The minimum Gasteiger partial charge on any atom is -0.339 e. The van der Waals surface area contributed by atoms with Crippen molar-refractivity contribution in [3.05, 3.63) is 0 Å². The molecule has 0 radical (unpaired) electrons. The molecule has 1 N–H and O–H groups in total. The van der Waals surface area contributed by atoms with Crippen LogP contribution in [0.4, 0.5) is 0 Å². The number of nitrogens with zero attached hydrogens (tertiary/aromatic N) is 2. The van der Waals surface area contributed by atoms with Gasteiger partial charge in [-0.15, -0.1) is 0 Å². The van der Waals surface area contributed by atoms with Crippen molar-refractivity contribution < 1.29 is 9.59 Å². The smallest absolute Gasteiger partial charge is 0.223 e. The van der Waals surface area contributed by atoms with E-state index in [2.05, 4.69) is 5.32 Å². The van der Waals surface area contributed by atoms with Crippen LogP contribution in [0.5, 0.6) is 0 Å². The fourth-order valence-corrected chi connectivity index (χ4v) is 4.81. The van der Waals surface area contributed by atoms with E-state index >= 15 is 0 Å². The van der Waals surface area contributed by atoms with Crippen molar-refractivity contribution >= 4 is 11.8 Å². The SMILES string of the molecule is O=C(CC1CC2CCC(C1)N2)N1CCN2C(=O)CCC2C1. The summed E-state index contributed by atoms with van der Waals surface area (Å²) >= 11 is 0. The largest absolute Gasteiger partial charge is 0.339 e. The molecule has 0 aliphatic carbocycles. The van der Waals surface area contributed by atoms with E-state index in [9.17, 15) is 9.59 Å². The normalized spacial score (nSPS) is 38.8. The molecule has 0 aromatic carbocycles. The van der Waals surface area contributed by atoms with Crippen molar-refractivity contribution in [3.63, 3.8) is 0 Å². The third-order valence-electron chi connectivity index (χ3n) is 5.88. The molecule has 4 saturated heterocycles. The minimum absolute atomic E-state index is 0.280. The number of carbonyl (C=O) groups excluding carboxylic acids is 2. The Hall–Kier alpha value is -1.10. The molecule has 0 aromatic rings. The zero-order chi connectivity index (χ0) is 14.4. The third-order valence-corrected chi connectivity index (χ3v) is 5.88. The molecule has 2 amide bonds. The van der Waals surface area contributed by atoms with Gasteiger partial charge in [-0.25, -0.2) is 0 Å². The number of nitrogens with one attached hydrogen (secondary N) is 1. The summed E-state index contributed by atoms with van der Waals surface area (Å²) in [4.78, 5) is 28.3. The summed E-state index contributed by atoms with van der Waals surface area (Å²) in [5, 5.41) is 3.64. The van der Waals surface area contributed by atoms with Crippen LogP contribution < -0.4 is 5.32 Å². The Balaban J connectivity index is 1.32. The molecule has 4 rings (SSSR count). The van der Waals surface area contributed by atoms with E-state index in [1.807, 2.05) is 9.80 Å². The Morgan fingerprint density at radius 1 is 1.14 bits per heavy atom. The standard InChI is InChI=1S/C16H25N3O2/c20-15-4-3-14-10-18(5-6-19(14)15)16(21)9-11-7-12-1-2-13(8-11)17-12/h11-14,17H,1-10H2. The second-order valence-corrected chi connectivity index (χ2v) is 7.30. The number of carbonyl (C=O) groups is 2. The predicted molar refractivity (Wildman–Crippen MR) is 78.6 cm³/mol. The monoisotopic (exact) mass is 291 g/mol. The Bertz CT molecular complexity index is 441. The van der Waals surface area contributed by atoms with Crippen molar-refractivity contribution in [2.75, 3.05) is 19.6 Å². The Morgan fingerprint density at radius 2 is 1.90 bits per heavy atom. The van der Waals surface area contributed by atoms with Gasteiger partial charge in [0, 0.05) is 50.6 Å². The zero-order valence-corrected chi connectivity index (χ0v) is 12.6. The van der Waals surface area contributed by atoms with Gasteiger partial charge in [0.25, 0.3) is 0 Å². The molecule has 4 heterocycles. The number of hydrogen-bond acceptors (Lipinski definition) is 3. The number of amides is 2. The average molecular weight is 291 g/mol. The Labute approximate surface area is 126 Å². The lowest BCUT2D eigenvalue weighted by Crippen LogP contribution is -2.53. The van der Waals surface area contributed by atoms with E-state index in [0.29, 0.717) is 36.4 Å². The van der Waals surface area contributed by atoms with Crippen LogP contribution in [0.2, 0.25) is 0 Å². The molecule has 21 heavy (non-hydrogen) atoms. The average Bonchev–Trinajstić information content (AvgIpc) is 3.02. The molecule has 5 heteroatoms. The lowest BCUT2D eigenvalue weighted by Gasteiger charge is -2.38. The second-order valence-electron chi connectivity index (χ2n) is 7.30. The number of rotatable bonds is 2. The summed E-state index contributed by atoms with van der Waals surface area (Å²) in [6.07, 6.45) is 7.24. The van der Waals surface area contributed by atoms with Crippen LogP contribution in [0.25, 0.3) is 0 Å². The summed E-state index contributed by atoms with van der Waals surface area (Å²) in [7, 11) is 0. The molecule has 4 aliphatic rings. The van der Waals surface area contributed by atoms with Gasteiger partial charge >= 0.3 is 0 Å². The first-order valence-electron chi connectivity index (χ1n) is 8.52. The van der Waals surface area contributed by atoms with Crippen LogP contribution in [-0.4, -0.2) is 59.4 Å². The highest BCUT2D eigenvalue weighted by Gasteiger charge is 2.38. The van der Waals surface area contributed by atoms with Gasteiger partial charge in [-0.3, -0.25) is 9.59 Å². The lowest BCUT2D eigenvalue weighted by atomic mass is 9.89. The molecule has 116 valence electrons. The second kappa shape index (κ2) is 5.27. The van der Waals surface area contributed by atoms with E-state index in [0.717, 1.165) is 32.5 Å². The number of piperidine rings is 1. The highest BCUT2D eigenvalue weighted by atomic mass is 16.2. The van der Waals surface area contributed by atoms with Crippen LogP contribution in [0.3, 0.4) is 0 Å². The molecule has 5 nitrogen and oxygen atoms in total. The fourth-order valence-electron chi connectivity index (χ4n) is 4.81. The number of piperazine rings is 1. The molecule has 0 spiro atoms. The summed E-state index contributed by atoms with van der Waals surface area (Å²) < 4.78 is 0. The predicted octanol–water partition coefficient (Wildman–Crippen LogP) is 0.740. The van der Waals surface area contributed by atoms with Gasteiger partial charge in [0.15, 0.2) is 0 Å². The van der Waals surface area contributed by atoms with Crippen molar-refractivity contribution in [3.8, 4) is 0 Å². The summed E-state index contributed by atoms with van der Waals surface area (Å²) in [6.45, 7) is 2.24. The van der Waals surface area contributed by atoms with Gasteiger partial charge in [0.1, 0.15) is 0 Å². The highest BCUT2D eigenvalue weighted by molar-refractivity contribution is 5.80. The Kier molecular flexibility index (Phi) is 3.40. The van der Waals surface area contributed by atoms with E-state index in [1.54, 1.807) is 0 Å². The number of fused-ring (bicyclic) bond motifs is 3. The molecular formula is C16H25N3O2. The van der Waals surface area contributed by atoms with Crippen LogP contribution in [0, 0.1) is 5.92 Å². The van der Waals surface area contributed by atoms with E-state index in [-0.39, 0.29) is 5.91 Å². The first-order valence-corrected chi connectivity index (χ1v) is 8.52. The van der Waals surface area contributed by atoms with Crippen LogP contribution in [0.15, 0.2) is 0 Å². The van der Waals surface area contributed by atoms with Gasteiger partial charge in [0.2, 0.25) is 11.8 Å². The maximum atomic E-state index is 12.6. The minimum atomic E-state index is 0.280. The molecule has 4 aliphatic heterocycles. The van der Waals surface area contributed by atoms with Crippen molar-refractivity contribution in [1.82, 2.24) is 15.1 Å². The van der Waals surface area contributed by atoms with Crippen molar-refractivity contribution in [1.29, 1.82) is 0 Å². The Morgan fingerprint density at radius 3 is 2.67 bits per heavy atom. The zero-order valence-electron chi connectivity index (χ0n) is 12.6. The molecule has 3 unspecified atom stereocenters. The summed E-state index contributed by atoms with van der Waals surface area (Å²) in [6, 6.07) is 1.61. The molecule has 3 atom stereocenters. The van der Waals surface area contributed by atoms with Crippen LogP contribution in [-0.2, 0) is 9.59 Å². The van der Waals surface area contributed by atoms with Gasteiger partial charge in [-0.05, 0) is 38.0 Å². The first-order chi connectivity index (χ1) is 10.2. The van der Waals surface area contributed by atoms with Gasteiger partial charge in [0.05, 0.1) is 0 Å². The van der Waals surface area contributed by atoms with E-state index in [4.69, 9.17) is 0 Å². The van der Waals surface area contributed by atoms with Crippen molar-refractivity contribution in [2.24, 2.45) is 5.92 Å². The maximum Gasteiger partial charge on any atom is 0.223 e. The fraction of sp³-hybridized carbons (Fsp3) is 0.875. The molecule has 4 fully saturated rings. The van der Waals surface area contributed by atoms with E-state index in [1.165, 1.54) is 25.7 Å². The summed E-state index contributed by atoms with van der Waals surface area (Å²) in [5.74, 6) is 1.17. The van der Waals surface area contributed by atoms with Gasteiger partial charge in [-0.1, -0.05) is 0 Å². The molecular weight excluding hydrogens is 266 g/mol. The van der Waals surface area contributed by atoms with Crippen LogP contribution in [0.1, 0.15) is 44.9 Å². The molecule has 0 aromatic heterocycles. The maximum absolute atomic E-state index is 12.6. The van der Waals surface area contributed by atoms with E-state index < -0.39 is 0 Å². The van der Waals surface area contributed by atoms with Gasteiger partial charge in [-0.2, -0.15) is 0 Å². The third kappa shape index (κ3) is 2.56. The molecule has 0 saturated carbocycles. The summed E-state index contributed by atoms with van der Waals surface area (Å²) in [5.41, 5.74) is 0. The highest BCUT2D eigenvalue weighted by Crippen LogP contribution is 2.33. The topological polar surface area (TPSA) is 52.7 Å². The molecule has 2 bridgehead atoms.